The van der Waals surface area contributed by atoms with Gasteiger partial charge in [-0.3, -0.25) is 14.0 Å². The minimum Gasteiger partial charge on any atom is -0.501 e. The molecule has 0 aliphatic carbocycles. The van der Waals surface area contributed by atoms with Gasteiger partial charge in [-0.2, -0.15) is 0 Å². The van der Waals surface area contributed by atoms with Crippen LogP contribution >= 0.6 is 34.5 Å². The van der Waals surface area contributed by atoms with Gasteiger partial charge in [0, 0.05) is 25.5 Å². The molecule has 3 heterocycles. The molecule has 0 bridgehead atoms. The van der Waals surface area contributed by atoms with Gasteiger partial charge in [-0.1, -0.05) is 40.6 Å². The van der Waals surface area contributed by atoms with Gasteiger partial charge in [0.25, 0.3) is 0 Å². The third-order valence-corrected chi connectivity index (χ3v) is 6.90. The number of rotatable bonds is 6. The Kier molecular flexibility index (Phi) is 5.92. The number of fused-ring (bicyclic) bond motifs is 1. The van der Waals surface area contributed by atoms with Crippen LogP contribution in [0.25, 0.3) is 4.96 Å². The fourth-order valence-corrected chi connectivity index (χ4v) is 4.98. The van der Waals surface area contributed by atoms with E-state index in [2.05, 4.69) is 4.98 Å². The summed E-state index contributed by atoms with van der Waals surface area (Å²) in [5.74, 6) is -0.979. The number of aryl methyl sites for hydroxylation is 1. The summed E-state index contributed by atoms with van der Waals surface area (Å²) in [6.07, 6.45) is 4.67. The van der Waals surface area contributed by atoms with Gasteiger partial charge in [0.1, 0.15) is 6.54 Å². The highest BCUT2D eigenvalue weighted by Gasteiger charge is 2.22. The fourth-order valence-electron chi connectivity index (χ4n) is 3.62. The maximum absolute atomic E-state index is 12.6. The van der Waals surface area contributed by atoms with Crippen molar-refractivity contribution in [3.63, 3.8) is 0 Å². The SMILES string of the molecule is O=C(CCc1ccc(Cl)c(Cl)c1)c1nc2sc(C[NH+]3CCCC3)cn2c(=O)c1O. The molecule has 1 saturated heterocycles. The van der Waals surface area contributed by atoms with E-state index >= 15 is 0 Å². The number of likely N-dealkylation sites (tertiary alicyclic amines) is 1. The molecule has 152 valence electrons. The monoisotopic (exact) mass is 452 g/mol. The molecule has 2 N–H and O–H groups in total. The highest BCUT2D eigenvalue weighted by atomic mass is 35.5. The molecule has 0 unspecified atom stereocenters. The van der Waals surface area contributed by atoms with Crippen LogP contribution in [0.2, 0.25) is 10.0 Å². The van der Waals surface area contributed by atoms with Crippen LogP contribution in [0.5, 0.6) is 5.75 Å². The van der Waals surface area contributed by atoms with Gasteiger partial charge < -0.3 is 10.0 Å². The van der Waals surface area contributed by atoms with Crippen molar-refractivity contribution in [3.05, 3.63) is 60.9 Å². The number of nitrogens with zero attached hydrogens (tertiary/aromatic N) is 2. The predicted molar refractivity (Wildman–Crippen MR) is 114 cm³/mol. The number of Topliss-reactive ketones (excluding diaryl/α,β-unsaturated/α-hetero) is 1. The van der Waals surface area contributed by atoms with E-state index in [9.17, 15) is 14.7 Å². The summed E-state index contributed by atoms with van der Waals surface area (Å²) in [7, 11) is 0. The van der Waals surface area contributed by atoms with Crippen LogP contribution in [-0.2, 0) is 13.0 Å². The summed E-state index contributed by atoms with van der Waals surface area (Å²) in [6, 6.07) is 5.17. The standard InChI is InChI=1S/C20H19Cl2N3O3S/c21-14-5-3-12(9-15(14)22)4-6-16(26)17-18(27)19(28)25-11-13(29-20(25)23-17)10-24-7-1-2-8-24/h3,5,9,11,27H,1-2,4,6-8,10H2/p+1. The minimum absolute atomic E-state index is 0.101. The third-order valence-electron chi connectivity index (χ3n) is 5.18. The predicted octanol–water partition coefficient (Wildman–Crippen LogP) is 2.76. The summed E-state index contributed by atoms with van der Waals surface area (Å²) >= 11 is 13.3. The molecule has 0 amide bonds. The van der Waals surface area contributed by atoms with Crippen LogP contribution in [0.3, 0.4) is 0 Å². The minimum atomic E-state index is -0.605. The van der Waals surface area contributed by atoms with Crippen molar-refractivity contribution in [1.29, 1.82) is 0 Å². The smallest absolute Gasteiger partial charge is 0.301 e. The Labute approximate surface area is 181 Å². The van der Waals surface area contributed by atoms with Crippen molar-refractivity contribution < 1.29 is 14.8 Å². The van der Waals surface area contributed by atoms with E-state index in [1.807, 2.05) is 0 Å². The van der Waals surface area contributed by atoms with Crippen molar-refractivity contribution in [2.75, 3.05) is 13.1 Å². The lowest BCUT2D eigenvalue weighted by atomic mass is 10.1. The zero-order valence-electron chi connectivity index (χ0n) is 15.6. The maximum atomic E-state index is 12.6. The molecule has 0 spiro atoms. The van der Waals surface area contributed by atoms with Crippen LogP contribution in [0.1, 0.15) is 40.2 Å². The van der Waals surface area contributed by atoms with E-state index in [1.54, 1.807) is 24.4 Å². The van der Waals surface area contributed by atoms with Gasteiger partial charge in [0.2, 0.25) is 5.75 Å². The number of carbonyl (C=O) groups excluding carboxylic acids is 1. The molecule has 1 aromatic carbocycles. The highest BCUT2D eigenvalue weighted by molar-refractivity contribution is 7.17. The number of nitrogens with one attached hydrogen (secondary N) is 1. The summed E-state index contributed by atoms with van der Waals surface area (Å²) in [5.41, 5.74) is 0.0702. The van der Waals surface area contributed by atoms with Crippen molar-refractivity contribution in [2.24, 2.45) is 0 Å². The first-order valence-corrected chi connectivity index (χ1v) is 11.0. The fraction of sp³-hybridized carbons (Fsp3) is 0.350. The second-order valence-electron chi connectivity index (χ2n) is 7.27. The highest BCUT2D eigenvalue weighted by Crippen LogP contribution is 2.24. The van der Waals surface area contributed by atoms with Crippen molar-refractivity contribution in [1.82, 2.24) is 9.38 Å². The zero-order chi connectivity index (χ0) is 20.5. The third kappa shape index (κ3) is 4.33. The van der Waals surface area contributed by atoms with Gasteiger partial charge >= 0.3 is 5.56 Å². The molecule has 1 aliphatic heterocycles. The van der Waals surface area contributed by atoms with E-state index in [4.69, 9.17) is 23.2 Å². The molecule has 0 saturated carbocycles. The molecule has 1 fully saturated rings. The lowest BCUT2D eigenvalue weighted by Crippen LogP contribution is -3.08. The molecule has 0 radical (unpaired) electrons. The number of aromatic hydroxyl groups is 1. The first kappa shape index (κ1) is 20.3. The number of thiazole rings is 1. The van der Waals surface area contributed by atoms with Gasteiger partial charge in [-0.25, -0.2) is 4.98 Å². The first-order valence-electron chi connectivity index (χ1n) is 9.47. The maximum Gasteiger partial charge on any atom is 0.301 e. The number of hydrogen-bond acceptors (Lipinski definition) is 5. The first-order chi connectivity index (χ1) is 13.9. The van der Waals surface area contributed by atoms with Gasteiger partial charge in [-0.05, 0) is 24.1 Å². The Morgan fingerprint density at radius 2 is 2.00 bits per heavy atom. The molecule has 4 rings (SSSR count). The van der Waals surface area contributed by atoms with E-state index < -0.39 is 11.3 Å². The second-order valence-corrected chi connectivity index (χ2v) is 9.18. The molecule has 0 atom stereocenters. The van der Waals surface area contributed by atoms with Crippen LogP contribution in [0.15, 0.2) is 29.2 Å². The lowest BCUT2D eigenvalue weighted by molar-refractivity contribution is -0.901. The molecular formula is C20H20Cl2N3O3S+. The van der Waals surface area contributed by atoms with Crippen LogP contribution in [-0.4, -0.2) is 33.4 Å². The molecule has 2 aromatic heterocycles. The number of quaternary nitrogens is 1. The number of hydrogen-bond donors (Lipinski definition) is 2. The summed E-state index contributed by atoms with van der Waals surface area (Å²) in [5, 5.41) is 11.1. The topological polar surface area (TPSA) is 76.1 Å². The second kappa shape index (κ2) is 8.44. The number of carbonyl (C=O) groups is 1. The number of ketones is 1. The Morgan fingerprint density at radius 3 is 2.72 bits per heavy atom. The molecule has 29 heavy (non-hydrogen) atoms. The van der Waals surface area contributed by atoms with E-state index in [-0.39, 0.29) is 17.9 Å². The number of benzene rings is 1. The van der Waals surface area contributed by atoms with Crippen molar-refractivity contribution in [3.8, 4) is 5.75 Å². The molecular weight excluding hydrogens is 433 g/mol. The van der Waals surface area contributed by atoms with Gasteiger partial charge in [0.15, 0.2) is 16.4 Å². The van der Waals surface area contributed by atoms with E-state index in [0.29, 0.717) is 21.4 Å². The van der Waals surface area contributed by atoms with E-state index in [0.717, 1.165) is 30.1 Å². The average Bonchev–Trinajstić information content (AvgIpc) is 3.35. The largest absolute Gasteiger partial charge is 0.501 e. The average molecular weight is 453 g/mol. The Hall–Kier alpha value is -1.93. The van der Waals surface area contributed by atoms with Crippen LogP contribution in [0, 0.1) is 0 Å². The summed E-state index contributed by atoms with van der Waals surface area (Å²) < 4.78 is 1.33. The Bertz CT molecular complexity index is 1140. The molecule has 1 aliphatic rings. The molecule has 6 nitrogen and oxygen atoms in total. The zero-order valence-corrected chi connectivity index (χ0v) is 17.9. The van der Waals surface area contributed by atoms with Gasteiger partial charge in [0.05, 0.1) is 28.0 Å². The van der Waals surface area contributed by atoms with Crippen molar-refractivity contribution in [2.45, 2.75) is 32.2 Å². The summed E-state index contributed by atoms with van der Waals surface area (Å²) in [4.78, 5) is 32.4. The Balaban J connectivity index is 1.55. The lowest BCUT2D eigenvalue weighted by Gasteiger charge is -2.09. The Morgan fingerprint density at radius 1 is 1.24 bits per heavy atom. The summed E-state index contributed by atoms with van der Waals surface area (Å²) in [6.45, 7) is 3.08. The van der Waals surface area contributed by atoms with Crippen molar-refractivity contribution >= 4 is 45.3 Å². The van der Waals surface area contributed by atoms with Crippen LogP contribution in [0.4, 0.5) is 0 Å². The molecule has 9 heteroatoms. The molecule has 3 aromatic rings. The quantitative estimate of drug-likeness (QED) is 0.563. The number of aromatic nitrogens is 2. The van der Waals surface area contributed by atoms with Gasteiger partial charge in [-0.15, -0.1) is 0 Å². The van der Waals surface area contributed by atoms with E-state index in [1.165, 1.54) is 33.5 Å². The number of halogens is 2. The van der Waals surface area contributed by atoms with Crippen LogP contribution < -0.4 is 10.5 Å². The normalized spacial score (nSPS) is 14.7.